The van der Waals surface area contributed by atoms with E-state index in [0.29, 0.717) is 11.3 Å². The molecule has 0 radical (unpaired) electrons. The van der Waals surface area contributed by atoms with Crippen molar-refractivity contribution >= 4 is 23.4 Å². The second kappa shape index (κ2) is 7.34. The van der Waals surface area contributed by atoms with E-state index in [1.54, 1.807) is 30.5 Å². The number of amides is 3. The van der Waals surface area contributed by atoms with Gasteiger partial charge in [-0.2, -0.15) is 0 Å². The van der Waals surface area contributed by atoms with E-state index in [-0.39, 0.29) is 36.6 Å². The van der Waals surface area contributed by atoms with Crippen LogP contribution in [-0.2, 0) is 16.0 Å². The van der Waals surface area contributed by atoms with Crippen LogP contribution in [0.15, 0.2) is 47.1 Å². The van der Waals surface area contributed by atoms with Gasteiger partial charge in [-0.25, -0.2) is 0 Å². The average molecular weight is 340 g/mol. The molecule has 1 unspecified atom stereocenters. The summed E-state index contributed by atoms with van der Waals surface area (Å²) in [6.45, 7) is 1.94. The van der Waals surface area contributed by atoms with Crippen molar-refractivity contribution in [3.63, 3.8) is 0 Å². The summed E-state index contributed by atoms with van der Waals surface area (Å²) in [5.74, 6) is 0.311. The molecule has 25 heavy (non-hydrogen) atoms. The molecular weight excluding hydrogens is 320 g/mol. The second-order valence-corrected chi connectivity index (χ2v) is 6.16. The molecule has 0 spiro atoms. The molecule has 1 saturated heterocycles. The number of anilines is 1. The lowest BCUT2D eigenvalue weighted by molar-refractivity contribution is -0.121. The van der Waals surface area contributed by atoms with Crippen LogP contribution in [0.25, 0.3) is 0 Å². The van der Waals surface area contributed by atoms with Crippen molar-refractivity contribution in [3.8, 4) is 0 Å². The number of rotatable bonds is 6. The molecule has 0 bridgehead atoms. The number of benzene rings is 1. The van der Waals surface area contributed by atoms with Crippen molar-refractivity contribution in [3.05, 3.63) is 54.0 Å². The van der Waals surface area contributed by atoms with Gasteiger partial charge in [-0.3, -0.25) is 19.3 Å². The molecule has 1 aliphatic heterocycles. The third-order valence-corrected chi connectivity index (χ3v) is 4.22. The van der Waals surface area contributed by atoms with E-state index in [9.17, 15) is 14.4 Å². The standard InChI is InChI=1S/C19H20N2O4/c1-13(4-9-16-3-2-12-25-16)20-19(24)14-5-7-15(8-6-14)21-17(22)10-11-18(21)23/h2-3,5-8,12-13H,4,9-11H2,1H3,(H,20,24). The first-order valence-corrected chi connectivity index (χ1v) is 8.33. The molecule has 1 fully saturated rings. The minimum atomic E-state index is -0.200. The van der Waals surface area contributed by atoms with E-state index in [0.717, 1.165) is 18.6 Å². The van der Waals surface area contributed by atoms with E-state index in [1.807, 2.05) is 19.1 Å². The Hall–Kier alpha value is -2.89. The first-order chi connectivity index (χ1) is 12.0. The summed E-state index contributed by atoms with van der Waals surface area (Å²) in [5.41, 5.74) is 1.00. The number of carbonyl (C=O) groups is 3. The van der Waals surface area contributed by atoms with Gasteiger partial charge in [0, 0.05) is 30.9 Å². The smallest absolute Gasteiger partial charge is 0.251 e. The molecule has 6 heteroatoms. The van der Waals surface area contributed by atoms with Crippen molar-refractivity contribution in [2.75, 3.05) is 4.90 Å². The van der Waals surface area contributed by atoms with Crippen LogP contribution in [0.4, 0.5) is 5.69 Å². The van der Waals surface area contributed by atoms with Crippen LogP contribution in [0, 0.1) is 0 Å². The zero-order valence-electron chi connectivity index (χ0n) is 14.0. The van der Waals surface area contributed by atoms with Crippen molar-refractivity contribution in [1.82, 2.24) is 5.32 Å². The number of carbonyl (C=O) groups excluding carboxylic acids is 3. The van der Waals surface area contributed by atoms with Crippen LogP contribution in [0.1, 0.15) is 42.3 Å². The molecule has 1 N–H and O–H groups in total. The van der Waals surface area contributed by atoms with Gasteiger partial charge in [0.1, 0.15) is 5.76 Å². The van der Waals surface area contributed by atoms with Gasteiger partial charge in [0.05, 0.1) is 12.0 Å². The Morgan fingerprint density at radius 1 is 1.16 bits per heavy atom. The van der Waals surface area contributed by atoms with Gasteiger partial charge in [0.2, 0.25) is 11.8 Å². The maximum Gasteiger partial charge on any atom is 0.251 e. The zero-order chi connectivity index (χ0) is 17.8. The molecule has 1 aromatic heterocycles. The summed E-state index contributed by atoms with van der Waals surface area (Å²) in [7, 11) is 0. The van der Waals surface area contributed by atoms with E-state index in [4.69, 9.17) is 4.42 Å². The molecule has 130 valence electrons. The third-order valence-electron chi connectivity index (χ3n) is 4.22. The predicted octanol–water partition coefficient (Wildman–Crippen LogP) is 2.68. The Labute approximate surface area is 145 Å². The molecule has 3 rings (SSSR count). The summed E-state index contributed by atoms with van der Waals surface area (Å²) < 4.78 is 5.28. The SMILES string of the molecule is CC(CCc1ccco1)NC(=O)c1ccc(N2C(=O)CCC2=O)cc1. The summed E-state index contributed by atoms with van der Waals surface area (Å²) in [6.07, 6.45) is 3.65. The molecule has 3 amide bonds. The fraction of sp³-hybridized carbons (Fsp3) is 0.316. The molecule has 2 aromatic rings. The van der Waals surface area contributed by atoms with Crippen LogP contribution < -0.4 is 10.2 Å². The van der Waals surface area contributed by atoms with Crippen LogP contribution in [0.5, 0.6) is 0 Å². The zero-order valence-corrected chi connectivity index (χ0v) is 14.0. The molecule has 1 aromatic carbocycles. The highest BCUT2D eigenvalue weighted by molar-refractivity contribution is 6.19. The third kappa shape index (κ3) is 3.96. The topological polar surface area (TPSA) is 79.6 Å². The first kappa shape index (κ1) is 17.0. The van der Waals surface area contributed by atoms with Crippen LogP contribution in [-0.4, -0.2) is 23.8 Å². The molecular formula is C19H20N2O4. The Balaban J connectivity index is 1.57. The lowest BCUT2D eigenvalue weighted by Crippen LogP contribution is -2.33. The number of furan rings is 1. The van der Waals surface area contributed by atoms with Crippen LogP contribution in [0.2, 0.25) is 0 Å². The normalized spacial score (nSPS) is 15.5. The molecule has 0 aliphatic carbocycles. The Morgan fingerprint density at radius 3 is 2.44 bits per heavy atom. The van der Waals surface area contributed by atoms with Crippen molar-refractivity contribution in [2.45, 2.75) is 38.6 Å². The van der Waals surface area contributed by atoms with E-state index >= 15 is 0 Å². The Kier molecular flexibility index (Phi) is 4.97. The number of imide groups is 1. The van der Waals surface area contributed by atoms with Gasteiger partial charge in [-0.15, -0.1) is 0 Å². The molecule has 2 heterocycles. The fourth-order valence-corrected chi connectivity index (χ4v) is 2.82. The summed E-state index contributed by atoms with van der Waals surface area (Å²) >= 11 is 0. The maximum atomic E-state index is 12.3. The van der Waals surface area contributed by atoms with E-state index in [2.05, 4.69) is 5.32 Å². The highest BCUT2D eigenvalue weighted by Crippen LogP contribution is 2.22. The minimum Gasteiger partial charge on any atom is -0.469 e. The summed E-state index contributed by atoms with van der Waals surface area (Å²) in [6, 6.07) is 10.3. The number of nitrogens with one attached hydrogen (secondary N) is 1. The van der Waals surface area contributed by atoms with Gasteiger partial charge in [0.15, 0.2) is 0 Å². The van der Waals surface area contributed by atoms with Gasteiger partial charge < -0.3 is 9.73 Å². The van der Waals surface area contributed by atoms with Gasteiger partial charge >= 0.3 is 0 Å². The van der Waals surface area contributed by atoms with Crippen molar-refractivity contribution in [1.29, 1.82) is 0 Å². The molecule has 1 aliphatic rings. The van der Waals surface area contributed by atoms with E-state index < -0.39 is 0 Å². The monoisotopic (exact) mass is 340 g/mol. The quantitative estimate of drug-likeness (QED) is 0.820. The number of hydrogen-bond donors (Lipinski definition) is 1. The highest BCUT2D eigenvalue weighted by Gasteiger charge is 2.30. The van der Waals surface area contributed by atoms with Crippen LogP contribution in [0.3, 0.4) is 0 Å². The highest BCUT2D eigenvalue weighted by atomic mass is 16.3. The second-order valence-electron chi connectivity index (χ2n) is 6.16. The molecule has 1 atom stereocenters. The van der Waals surface area contributed by atoms with Gasteiger partial charge in [-0.1, -0.05) is 0 Å². The van der Waals surface area contributed by atoms with Crippen LogP contribution >= 0.6 is 0 Å². The Bertz CT molecular complexity index is 749. The first-order valence-electron chi connectivity index (χ1n) is 8.33. The number of hydrogen-bond acceptors (Lipinski definition) is 4. The predicted molar refractivity (Wildman–Crippen MR) is 92.1 cm³/mol. The average Bonchev–Trinajstić information content (AvgIpc) is 3.23. The number of aryl methyl sites for hydroxylation is 1. The fourth-order valence-electron chi connectivity index (χ4n) is 2.82. The molecule has 6 nitrogen and oxygen atoms in total. The molecule has 0 saturated carbocycles. The van der Waals surface area contributed by atoms with Crippen molar-refractivity contribution < 1.29 is 18.8 Å². The van der Waals surface area contributed by atoms with Crippen molar-refractivity contribution in [2.24, 2.45) is 0 Å². The van der Waals surface area contributed by atoms with Gasteiger partial charge in [-0.05, 0) is 49.7 Å². The van der Waals surface area contributed by atoms with Gasteiger partial charge in [0.25, 0.3) is 5.91 Å². The maximum absolute atomic E-state index is 12.3. The summed E-state index contributed by atoms with van der Waals surface area (Å²) in [5, 5.41) is 2.94. The largest absolute Gasteiger partial charge is 0.469 e. The lowest BCUT2D eigenvalue weighted by Gasteiger charge is -2.15. The number of nitrogens with zero attached hydrogens (tertiary/aromatic N) is 1. The minimum absolute atomic E-state index is 0.000913. The summed E-state index contributed by atoms with van der Waals surface area (Å²) in [4.78, 5) is 36.9. The Morgan fingerprint density at radius 2 is 1.84 bits per heavy atom. The van der Waals surface area contributed by atoms with E-state index in [1.165, 1.54) is 4.90 Å². The lowest BCUT2D eigenvalue weighted by atomic mass is 10.1.